The highest BCUT2D eigenvalue weighted by Crippen LogP contribution is 2.30. The molecule has 0 fully saturated rings. The van der Waals surface area contributed by atoms with Crippen molar-refractivity contribution in [3.05, 3.63) is 44.6 Å². The van der Waals surface area contributed by atoms with Crippen LogP contribution in [0, 0.1) is 0 Å². The fraction of sp³-hybridized carbons (Fsp3) is 0.286. The van der Waals surface area contributed by atoms with Crippen molar-refractivity contribution >= 4 is 38.9 Å². The van der Waals surface area contributed by atoms with Crippen LogP contribution in [0.1, 0.15) is 17.4 Å². The molecule has 5 heteroatoms. The number of benzene rings is 1. The molecule has 1 aromatic heterocycles. The molecule has 1 heterocycles. The first-order valence-corrected chi connectivity index (χ1v) is 8.11. The Morgan fingerprint density at radius 2 is 2.05 bits per heavy atom. The van der Waals surface area contributed by atoms with Crippen molar-refractivity contribution in [1.82, 2.24) is 0 Å². The summed E-state index contributed by atoms with van der Waals surface area (Å²) in [5, 5.41) is 2.04. The summed E-state index contributed by atoms with van der Waals surface area (Å²) < 4.78 is 12.5. The Morgan fingerprint density at radius 3 is 2.68 bits per heavy atom. The SMILES string of the molecule is CCOc1cc(CCl)ccc1OCc1cc(Br)cs1. The summed E-state index contributed by atoms with van der Waals surface area (Å²) in [7, 11) is 0. The summed E-state index contributed by atoms with van der Waals surface area (Å²) in [6.45, 7) is 3.09. The highest BCUT2D eigenvalue weighted by molar-refractivity contribution is 9.10. The number of rotatable bonds is 6. The predicted octanol–water partition coefficient (Wildman–Crippen LogP) is 5.23. The van der Waals surface area contributed by atoms with Crippen LogP contribution in [0.25, 0.3) is 0 Å². The Kier molecular flexibility index (Phi) is 5.55. The molecule has 0 radical (unpaired) electrons. The van der Waals surface area contributed by atoms with E-state index in [2.05, 4.69) is 22.0 Å². The van der Waals surface area contributed by atoms with Crippen molar-refractivity contribution in [2.24, 2.45) is 0 Å². The van der Waals surface area contributed by atoms with Crippen LogP contribution in [-0.2, 0) is 12.5 Å². The van der Waals surface area contributed by atoms with E-state index in [1.807, 2.05) is 30.5 Å². The first-order valence-electron chi connectivity index (χ1n) is 5.90. The topological polar surface area (TPSA) is 18.5 Å². The van der Waals surface area contributed by atoms with Gasteiger partial charge in [-0.05, 0) is 46.6 Å². The number of halogens is 2. The van der Waals surface area contributed by atoms with E-state index in [-0.39, 0.29) is 0 Å². The van der Waals surface area contributed by atoms with E-state index in [0.717, 1.165) is 26.4 Å². The highest BCUT2D eigenvalue weighted by atomic mass is 79.9. The van der Waals surface area contributed by atoms with Gasteiger partial charge in [-0.25, -0.2) is 0 Å². The van der Waals surface area contributed by atoms with Crippen LogP contribution in [0.3, 0.4) is 0 Å². The molecular formula is C14H14BrClO2S. The molecule has 0 spiro atoms. The van der Waals surface area contributed by atoms with Crippen molar-refractivity contribution < 1.29 is 9.47 Å². The summed E-state index contributed by atoms with van der Waals surface area (Å²) in [5.41, 5.74) is 1.02. The molecule has 0 aliphatic heterocycles. The number of hydrogen-bond donors (Lipinski definition) is 0. The Hall–Kier alpha value is -0.710. The molecule has 1 aromatic carbocycles. The highest BCUT2D eigenvalue weighted by Gasteiger charge is 2.07. The molecule has 102 valence electrons. The number of alkyl halides is 1. The van der Waals surface area contributed by atoms with Crippen LogP contribution >= 0.6 is 38.9 Å². The lowest BCUT2D eigenvalue weighted by Gasteiger charge is -2.12. The summed E-state index contributed by atoms with van der Waals surface area (Å²) in [6.07, 6.45) is 0. The van der Waals surface area contributed by atoms with Gasteiger partial charge in [0.1, 0.15) is 6.61 Å². The third-order valence-electron chi connectivity index (χ3n) is 2.45. The van der Waals surface area contributed by atoms with Gasteiger partial charge in [-0.1, -0.05) is 6.07 Å². The number of thiophene rings is 1. The molecule has 0 aliphatic carbocycles. The predicted molar refractivity (Wildman–Crippen MR) is 83.5 cm³/mol. The van der Waals surface area contributed by atoms with Crippen LogP contribution in [0.15, 0.2) is 34.1 Å². The van der Waals surface area contributed by atoms with Gasteiger partial charge < -0.3 is 9.47 Å². The van der Waals surface area contributed by atoms with Crippen LogP contribution in [-0.4, -0.2) is 6.61 Å². The molecule has 0 aliphatic rings. The van der Waals surface area contributed by atoms with Gasteiger partial charge in [0, 0.05) is 20.6 Å². The van der Waals surface area contributed by atoms with Crippen LogP contribution in [0.5, 0.6) is 11.5 Å². The minimum atomic E-state index is 0.470. The van der Waals surface area contributed by atoms with Gasteiger partial charge in [0.25, 0.3) is 0 Å². The van der Waals surface area contributed by atoms with Gasteiger partial charge in [0.05, 0.1) is 6.61 Å². The molecule has 2 aromatic rings. The van der Waals surface area contributed by atoms with E-state index in [1.165, 1.54) is 0 Å². The van der Waals surface area contributed by atoms with Crippen LogP contribution in [0.4, 0.5) is 0 Å². The molecule has 2 nitrogen and oxygen atoms in total. The van der Waals surface area contributed by atoms with Crippen LogP contribution in [0.2, 0.25) is 0 Å². The smallest absolute Gasteiger partial charge is 0.161 e. The second-order valence-corrected chi connectivity index (χ2v) is 6.05. The Bertz CT molecular complexity index is 542. The molecule has 0 saturated heterocycles. The van der Waals surface area contributed by atoms with E-state index < -0.39 is 0 Å². The van der Waals surface area contributed by atoms with E-state index >= 15 is 0 Å². The van der Waals surface area contributed by atoms with Crippen molar-refractivity contribution in [1.29, 1.82) is 0 Å². The molecule has 0 saturated carbocycles. The maximum absolute atomic E-state index is 5.83. The minimum Gasteiger partial charge on any atom is -0.490 e. The van der Waals surface area contributed by atoms with E-state index in [1.54, 1.807) is 11.3 Å². The average Bonchev–Trinajstić information content (AvgIpc) is 2.83. The van der Waals surface area contributed by atoms with Crippen molar-refractivity contribution in [2.45, 2.75) is 19.4 Å². The molecule has 0 unspecified atom stereocenters. The zero-order chi connectivity index (χ0) is 13.7. The standard InChI is InChI=1S/C14H14BrClO2S/c1-2-17-14-5-10(7-16)3-4-13(14)18-8-12-6-11(15)9-19-12/h3-6,9H,2,7-8H2,1H3. The van der Waals surface area contributed by atoms with Gasteiger partial charge in [0.15, 0.2) is 11.5 Å². The quantitative estimate of drug-likeness (QED) is 0.656. The number of hydrogen-bond acceptors (Lipinski definition) is 3. The molecular weight excluding hydrogens is 348 g/mol. The molecule has 0 N–H and O–H groups in total. The first-order chi connectivity index (χ1) is 9.22. The molecule has 0 atom stereocenters. The molecule has 0 bridgehead atoms. The third-order valence-corrected chi connectivity index (χ3v) is 4.43. The zero-order valence-corrected chi connectivity index (χ0v) is 13.6. The minimum absolute atomic E-state index is 0.470. The van der Waals surface area contributed by atoms with Crippen molar-refractivity contribution in [2.75, 3.05) is 6.61 Å². The van der Waals surface area contributed by atoms with Crippen LogP contribution < -0.4 is 9.47 Å². The summed E-state index contributed by atoms with van der Waals surface area (Å²) in [5.74, 6) is 1.97. The fourth-order valence-corrected chi connectivity index (χ4v) is 3.13. The molecule has 0 amide bonds. The van der Waals surface area contributed by atoms with Gasteiger partial charge >= 0.3 is 0 Å². The van der Waals surface area contributed by atoms with Gasteiger partial charge in [0.2, 0.25) is 0 Å². The monoisotopic (exact) mass is 360 g/mol. The maximum atomic E-state index is 5.83. The Labute approximate surface area is 130 Å². The maximum Gasteiger partial charge on any atom is 0.161 e. The van der Waals surface area contributed by atoms with Crippen molar-refractivity contribution in [3.8, 4) is 11.5 Å². The Morgan fingerprint density at radius 1 is 1.21 bits per heavy atom. The normalized spacial score (nSPS) is 10.5. The van der Waals surface area contributed by atoms with E-state index in [4.69, 9.17) is 21.1 Å². The second kappa shape index (κ2) is 7.17. The lowest BCUT2D eigenvalue weighted by atomic mass is 10.2. The van der Waals surface area contributed by atoms with Gasteiger partial charge in [-0.15, -0.1) is 22.9 Å². The lowest BCUT2D eigenvalue weighted by molar-refractivity contribution is 0.271. The first kappa shape index (κ1) is 14.7. The van der Waals surface area contributed by atoms with Gasteiger partial charge in [-0.2, -0.15) is 0 Å². The summed E-state index contributed by atoms with van der Waals surface area (Å²) in [6, 6.07) is 7.84. The second-order valence-electron chi connectivity index (χ2n) is 3.87. The van der Waals surface area contributed by atoms with E-state index in [9.17, 15) is 0 Å². The average molecular weight is 362 g/mol. The summed E-state index contributed by atoms with van der Waals surface area (Å²) in [4.78, 5) is 1.16. The van der Waals surface area contributed by atoms with Gasteiger partial charge in [-0.3, -0.25) is 0 Å². The molecule has 2 rings (SSSR count). The zero-order valence-electron chi connectivity index (χ0n) is 10.5. The molecule has 19 heavy (non-hydrogen) atoms. The summed E-state index contributed by atoms with van der Waals surface area (Å²) >= 11 is 10.9. The van der Waals surface area contributed by atoms with E-state index in [0.29, 0.717) is 19.1 Å². The lowest BCUT2D eigenvalue weighted by Crippen LogP contribution is -1.99. The van der Waals surface area contributed by atoms with Crippen molar-refractivity contribution in [3.63, 3.8) is 0 Å². The Balaban J connectivity index is 2.10. The fourth-order valence-electron chi connectivity index (χ4n) is 1.60. The largest absolute Gasteiger partial charge is 0.490 e. The number of ether oxygens (including phenoxy) is 2. The third kappa shape index (κ3) is 4.13.